The summed E-state index contributed by atoms with van der Waals surface area (Å²) in [5.41, 5.74) is 3.49. The second-order valence-corrected chi connectivity index (χ2v) is 9.97. The van der Waals surface area contributed by atoms with Crippen molar-refractivity contribution in [2.75, 3.05) is 6.54 Å². The van der Waals surface area contributed by atoms with Crippen LogP contribution >= 0.6 is 11.3 Å². The van der Waals surface area contributed by atoms with Gasteiger partial charge < -0.3 is 9.84 Å². The number of hydrogen-bond acceptors (Lipinski definition) is 7. The zero-order chi connectivity index (χ0) is 24.2. The van der Waals surface area contributed by atoms with Crippen LogP contribution in [0, 0.1) is 6.92 Å². The molecular formula is C27H28N4O3S. The second kappa shape index (κ2) is 10.5. The number of esters is 1. The molecular weight excluding hydrogens is 460 g/mol. The summed E-state index contributed by atoms with van der Waals surface area (Å²) in [5.74, 6) is -0.401. The summed E-state index contributed by atoms with van der Waals surface area (Å²) in [5, 5.41) is 21.7. The normalized spacial score (nSPS) is 20.6. The molecule has 8 heteroatoms. The van der Waals surface area contributed by atoms with Crippen molar-refractivity contribution in [1.29, 1.82) is 0 Å². The Hall–Kier alpha value is -3.33. The van der Waals surface area contributed by atoms with Gasteiger partial charge in [0, 0.05) is 24.0 Å². The van der Waals surface area contributed by atoms with Gasteiger partial charge in [-0.15, -0.1) is 16.4 Å². The van der Waals surface area contributed by atoms with Crippen LogP contribution in [0.1, 0.15) is 50.6 Å². The Morgan fingerprint density at radius 3 is 2.66 bits per heavy atom. The highest BCUT2D eigenvalue weighted by Gasteiger charge is 2.37. The minimum absolute atomic E-state index is 0.0302. The Kier molecular flexibility index (Phi) is 7.03. The number of piperidine rings is 1. The van der Waals surface area contributed by atoms with Crippen LogP contribution in [0.15, 0.2) is 78.3 Å². The number of carbonyl (C=O) groups is 1. The average molecular weight is 489 g/mol. The molecule has 2 aromatic heterocycles. The highest BCUT2D eigenvalue weighted by Crippen LogP contribution is 2.38. The maximum atomic E-state index is 12.2. The summed E-state index contributed by atoms with van der Waals surface area (Å²) in [6.07, 6.45) is 1.87. The molecule has 1 aliphatic rings. The fraction of sp³-hybridized carbons (Fsp3) is 0.296. The van der Waals surface area contributed by atoms with Gasteiger partial charge in [0.15, 0.2) is 0 Å². The number of aliphatic hydroxyl groups excluding tert-OH is 1. The topological polar surface area (TPSA) is 80.5 Å². The molecule has 0 bridgehead atoms. The molecule has 1 aliphatic heterocycles. The number of nitrogens with zero attached hydrogens (tertiary/aromatic N) is 4. The molecule has 1 N–H and O–H groups in total. The van der Waals surface area contributed by atoms with E-state index >= 15 is 0 Å². The molecule has 7 nitrogen and oxygen atoms in total. The van der Waals surface area contributed by atoms with Gasteiger partial charge >= 0.3 is 5.97 Å². The third kappa shape index (κ3) is 5.51. The Labute approximate surface area is 208 Å². The molecule has 1 saturated heterocycles. The van der Waals surface area contributed by atoms with E-state index in [4.69, 9.17) is 4.74 Å². The number of β-amino-alcohol motifs (C(OH)–C–C–N with tert-alkyl or cyclic N) is 1. The Balaban J connectivity index is 1.31. The van der Waals surface area contributed by atoms with Crippen LogP contribution in [0.2, 0.25) is 0 Å². The first-order valence-electron chi connectivity index (χ1n) is 11.7. The zero-order valence-corrected chi connectivity index (χ0v) is 20.3. The fourth-order valence-electron chi connectivity index (χ4n) is 4.56. The Morgan fingerprint density at radius 2 is 1.91 bits per heavy atom. The maximum absolute atomic E-state index is 12.2. The SMILES string of the molecule is Cc1ccc([C@H]2C[C@H](n3cc(COC(=O)c4ccccc4)nn3)[C@@H](O)CN2Cc2cccs2)cc1. The van der Waals surface area contributed by atoms with Crippen molar-refractivity contribution in [3.05, 3.63) is 106 Å². The molecule has 0 spiro atoms. The molecule has 2 aromatic carbocycles. The van der Waals surface area contributed by atoms with Crippen molar-refractivity contribution in [1.82, 2.24) is 19.9 Å². The number of rotatable bonds is 7. The minimum atomic E-state index is -0.599. The Bertz CT molecular complexity index is 1240. The summed E-state index contributed by atoms with van der Waals surface area (Å²) in [6, 6.07) is 21.6. The van der Waals surface area contributed by atoms with E-state index in [1.54, 1.807) is 46.5 Å². The van der Waals surface area contributed by atoms with Gasteiger partial charge in [-0.2, -0.15) is 0 Å². The van der Waals surface area contributed by atoms with Gasteiger partial charge in [0.05, 0.1) is 23.9 Å². The van der Waals surface area contributed by atoms with Crippen LogP contribution < -0.4 is 0 Å². The Morgan fingerprint density at radius 1 is 1.11 bits per heavy atom. The van der Waals surface area contributed by atoms with Crippen LogP contribution in [0.4, 0.5) is 0 Å². The number of thiophene rings is 1. The van der Waals surface area contributed by atoms with Crippen LogP contribution in [0.25, 0.3) is 0 Å². The lowest BCUT2D eigenvalue weighted by molar-refractivity contribution is -0.0131. The van der Waals surface area contributed by atoms with E-state index in [1.807, 2.05) is 6.07 Å². The monoisotopic (exact) mass is 488 g/mol. The lowest BCUT2D eigenvalue weighted by Gasteiger charge is -2.42. The molecule has 35 heavy (non-hydrogen) atoms. The average Bonchev–Trinajstić information content (AvgIpc) is 3.56. The fourth-order valence-corrected chi connectivity index (χ4v) is 5.29. The van der Waals surface area contributed by atoms with Crippen molar-refractivity contribution >= 4 is 17.3 Å². The summed E-state index contributed by atoms with van der Waals surface area (Å²) in [4.78, 5) is 15.9. The molecule has 0 radical (unpaired) electrons. The molecule has 3 heterocycles. The van der Waals surface area contributed by atoms with E-state index < -0.39 is 12.1 Å². The number of likely N-dealkylation sites (tertiary alicyclic amines) is 1. The minimum Gasteiger partial charge on any atom is -0.455 e. The summed E-state index contributed by atoms with van der Waals surface area (Å²) < 4.78 is 7.12. The molecule has 0 unspecified atom stereocenters. The van der Waals surface area contributed by atoms with Gasteiger partial charge in [-0.25, -0.2) is 9.48 Å². The lowest BCUT2D eigenvalue weighted by atomic mass is 9.89. The van der Waals surface area contributed by atoms with Crippen molar-refractivity contribution in [2.45, 2.75) is 44.7 Å². The second-order valence-electron chi connectivity index (χ2n) is 8.94. The van der Waals surface area contributed by atoms with Gasteiger partial charge in [-0.05, 0) is 42.5 Å². The van der Waals surface area contributed by atoms with Crippen molar-refractivity contribution in [3.63, 3.8) is 0 Å². The maximum Gasteiger partial charge on any atom is 0.338 e. The predicted molar refractivity (Wildman–Crippen MR) is 134 cm³/mol. The quantitative estimate of drug-likeness (QED) is 0.384. The number of ether oxygens (including phenoxy) is 1. The molecule has 0 aliphatic carbocycles. The number of hydrogen-bond donors (Lipinski definition) is 1. The van der Waals surface area contributed by atoms with E-state index in [2.05, 4.69) is 63.9 Å². The smallest absolute Gasteiger partial charge is 0.338 e. The number of aliphatic hydroxyl groups is 1. The third-order valence-corrected chi connectivity index (χ3v) is 7.29. The number of aromatic nitrogens is 3. The van der Waals surface area contributed by atoms with Crippen LogP contribution in [-0.4, -0.2) is 43.6 Å². The molecule has 180 valence electrons. The van der Waals surface area contributed by atoms with E-state index in [0.717, 1.165) is 6.54 Å². The van der Waals surface area contributed by atoms with E-state index in [0.29, 0.717) is 24.2 Å². The van der Waals surface area contributed by atoms with Gasteiger partial charge in [-0.3, -0.25) is 4.90 Å². The largest absolute Gasteiger partial charge is 0.455 e. The summed E-state index contributed by atoms with van der Waals surface area (Å²) in [7, 11) is 0. The standard InChI is InChI=1S/C27H28N4O3S/c1-19-9-11-20(12-10-19)24-14-25(26(32)17-30(24)16-23-8-5-13-35-23)31-15-22(28-29-31)18-34-27(33)21-6-3-2-4-7-21/h2-13,15,24-26,32H,14,16-18H2,1H3/t24-,25+,26+/m1/s1. The van der Waals surface area contributed by atoms with Gasteiger partial charge in [-0.1, -0.05) is 59.3 Å². The molecule has 5 rings (SSSR count). The van der Waals surface area contributed by atoms with Crippen LogP contribution in [-0.2, 0) is 17.9 Å². The lowest BCUT2D eigenvalue weighted by Crippen LogP contribution is -2.46. The molecule has 3 atom stereocenters. The van der Waals surface area contributed by atoms with Crippen molar-refractivity contribution < 1.29 is 14.6 Å². The van der Waals surface area contributed by atoms with E-state index in [1.165, 1.54) is 16.0 Å². The first-order chi connectivity index (χ1) is 17.1. The van der Waals surface area contributed by atoms with Gasteiger partial charge in [0.2, 0.25) is 0 Å². The van der Waals surface area contributed by atoms with E-state index in [-0.39, 0.29) is 18.7 Å². The molecule has 0 saturated carbocycles. The number of carbonyl (C=O) groups excluding carboxylic acids is 1. The first kappa shape index (κ1) is 23.4. The van der Waals surface area contributed by atoms with Gasteiger partial charge in [0.1, 0.15) is 12.3 Å². The molecule has 4 aromatic rings. The molecule has 1 fully saturated rings. The summed E-state index contributed by atoms with van der Waals surface area (Å²) >= 11 is 1.73. The highest BCUT2D eigenvalue weighted by atomic mass is 32.1. The van der Waals surface area contributed by atoms with Crippen LogP contribution in [0.5, 0.6) is 0 Å². The van der Waals surface area contributed by atoms with Crippen LogP contribution in [0.3, 0.4) is 0 Å². The first-order valence-corrected chi connectivity index (χ1v) is 12.6. The predicted octanol–water partition coefficient (Wildman–Crippen LogP) is 4.55. The number of benzene rings is 2. The highest BCUT2D eigenvalue weighted by molar-refractivity contribution is 7.09. The molecule has 0 amide bonds. The van der Waals surface area contributed by atoms with Crippen molar-refractivity contribution in [2.24, 2.45) is 0 Å². The summed E-state index contributed by atoms with van der Waals surface area (Å²) in [6.45, 7) is 3.43. The van der Waals surface area contributed by atoms with Gasteiger partial charge in [0.25, 0.3) is 0 Å². The third-order valence-electron chi connectivity index (χ3n) is 6.43. The number of aryl methyl sites for hydroxylation is 1. The van der Waals surface area contributed by atoms with Crippen molar-refractivity contribution in [3.8, 4) is 0 Å². The zero-order valence-electron chi connectivity index (χ0n) is 19.5. The van der Waals surface area contributed by atoms with E-state index in [9.17, 15) is 9.90 Å².